The number of rotatable bonds is 4. The van der Waals surface area contributed by atoms with Crippen LogP contribution < -0.4 is 5.32 Å². The van der Waals surface area contributed by atoms with Gasteiger partial charge in [0.15, 0.2) is 0 Å². The summed E-state index contributed by atoms with van der Waals surface area (Å²) in [4.78, 5) is 14.3. The van der Waals surface area contributed by atoms with E-state index in [1.54, 1.807) is 0 Å². The van der Waals surface area contributed by atoms with E-state index in [1.165, 1.54) is 16.7 Å². The number of aryl methyl sites for hydroxylation is 1. The van der Waals surface area contributed by atoms with E-state index < -0.39 is 0 Å². The molecule has 23 heavy (non-hydrogen) atoms. The van der Waals surface area contributed by atoms with Crippen molar-refractivity contribution >= 4 is 5.91 Å². The van der Waals surface area contributed by atoms with E-state index in [0.29, 0.717) is 18.2 Å². The first-order chi connectivity index (χ1) is 10.8. The van der Waals surface area contributed by atoms with Crippen LogP contribution in [-0.2, 0) is 10.2 Å². The maximum Gasteiger partial charge on any atom is 0.222 e. The zero-order valence-corrected chi connectivity index (χ0v) is 15.4. The summed E-state index contributed by atoms with van der Waals surface area (Å²) in [5.41, 5.74) is 4.27. The van der Waals surface area contributed by atoms with Crippen molar-refractivity contribution in [3.8, 4) is 0 Å². The van der Waals surface area contributed by atoms with Crippen molar-refractivity contribution < 1.29 is 4.79 Å². The van der Waals surface area contributed by atoms with Gasteiger partial charge in [0, 0.05) is 32.6 Å². The lowest BCUT2D eigenvalue weighted by Crippen LogP contribution is -2.46. The van der Waals surface area contributed by atoms with Crippen LogP contribution in [0.2, 0.25) is 0 Å². The minimum absolute atomic E-state index is 0.165. The third-order valence-electron chi connectivity index (χ3n) is 4.94. The molecular weight excluding hydrogens is 284 g/mol. The molecule has 0 bridgehead atoms. The Morgan fingerprint density at radius 1 is 1.26 bits per heavy atom. The zero-order chi connectivity index (χ0) is 17.0. The predicted molar refractivity (Wildman–Crippen MR) is 97.0 cm³/mol. The van der Waals surface area contributed by atoms with Crippen LogP contribution in [0.5, 0.6) is 0 Å². The van der Waals surface area contributed by atoms with E-state index in [9.17, 15) is 4.79 Å². The molecule has 3 nitrogen and oxygen atoms in total. The van der Waals surface area contributed by atoms with Gasteiger partial charge in [0.1, 0.15) is 0 Å². The summed E-state index contributed by atoms with van der Waals surface area (Å²) >= 11 is 0. The van der Waals surface area contributed by atoms with Gasteiger partial charge in [0.2, 0.25) is 5.91 Å². The van der Waals surface area contributed by atoms with E-state index >= 15 is 0 Å². The lowest BCUT2D eigenvalue weighted by molar-refractivity contribution is -0.131. The van der Waals surface area contributed by atoms with Crippen molar-refractivity contribution in [2.45, 2.75) is 58.8 Å². The molecule has 1 atom stereocenters. The average molecular weight is 316 g/mol. The molecule has 1 aromatic carbocycles. The number of carbonyl (C=O) groups is 1. The second-order valence-electron chi connectivity index (χ2n) is 7.89. The van der Waals surface area contributed by atoms with Crippen molar-refractivity contribution in [1.82, 2.24) is 10.2 Å². The summed E-state index contributed by atoms with van der Waals surface area (Å²) in [6.07, 6.45) is 1.58. The Bertz CT molecular complexity index is 539. The molecule has 1 saturated heterocycles. The van der Waals surface area contributed by atoms with Gasteiger partial charge in [-0.05, 0) is 41.4 Å². The van der Waals surface area contributed by atoms with Crippen LogP contribution in [0.4, 0.5) is 0 Å². The summed E-state index contributed by atoms with van der Waals surface area (Å²) in [7, 11) is 0. The highest BCUT2D eigenvalue weighted by atomic mass is 16.2. The lowest BCUT2D eigenvalue weighted by atomic mass is 9.82. The molecule has 0 spiro atoms. The van der Waals surface area contributed by atoms with Crippen LogP contribution in [0, 0.1) is 6.92 Å². The van der Waals surface area contributed by atoms with Gasteiger partial charge in [0.25, 0.3) is 0 Å². The number of hydrogen-bond acceptors (Lipinski definition) is 2. The molecule has 0 saturated carbocycles. The zero-order valence-electron chi connectivity index (χ0n) is 15.4. The number of carbonyl (C=O) groups excluding carboxylic acids is 1. The Balaban J connectivity index is 2.00. The summed E-state index contributed by atoms with van der Waals surface area (Å²) in [6, 6.07) is 6.80. The third-order valence-corrected chi connectivity index (χ3v) is 4.94. The van der Waals surface area contributed by atoms with Crippen molar-refractivity contribution in [3.05, 3.63) is 34.9 Å². The van der Waals surface area contributed by atoms with E-state index in [1.807, 2.05) is 4.90 Å². The SMILES string of the molecule is Cc1ccc(C(C)(C)C)cc1C(C)CCC(=O)N1CCNCC1. The molecule has 1 unspecified atom stereocenters. The van der Waals surface area contributed by atoms with Gasteiger partial charge < -0.3 is 10.2 Å². The summed E-state index contributed by atoms with van der Waals surface area (Å²) in [5, 5.41) is 3.29. The molecule has 1 fully saturated rings. The van der Waals surface area contributed by atoms with Crippen LogP contribution in [0.25, 0.3) is 0 Å². The summed E-state index contributed by atoms with van der Waals surface area (Å²) < 4.78 is 0. The lowest BCUT2D eigenvalue weighted by Gasteiger charge is -2.28. The molecule has 3 heteroatoms. The van der Waals surface area contributed by atoms with Crippen LogP contribution in [0.1, 0.15) is 63.1 Å². The molecule has 1 heterocycles. The van der Waals surface area contributed by atoms with E-state index in [2.05, 4.69) is 58.1 Å². The van der Waals surface area contributed by atoms with Gasteiger partial charge in [-0.15, -0.1) is 0 Å². The van der Waals surface area contributed by atoms with Crippen LogP contribution in [0.3, 0.4) is 0 Å². The number of nitrogens with zero attached hydrogens (tertiary/aromatic N) is 1. The minimum atomic E-state index is 0.165. The molecule has 1 aliphatic rings. The first-order valence-electron chi connectivity index (χ1n) is 8.88. The van der Waals surface area contributed by atoms with Crippen molar-refractivity contribution in [3.63, 3.8) is 0 Å². The van der Waals surface area contributed by atoms with Gasteiger partial charge in [-0.1, -0.05) is 45.9 Å². The molecule has 1 aliphatic heterocycles. The van der Waals surface area contributed by atoms with Crippen molar-refractivity contribution in [2.75, 3.05) is 26.2 Å². The van der Waals surface area contributed by atoms with Crippen molar-refractivity contribution in [1.29, 1.82) is 0 Å². The average Bonchev–Trinajstić information content (AvgIpc) is 2.52. The topological polar surface area (TPSA) is 32.3 Å². The number of hydrogen-bond donors (Lipinski definition) is 1. The highest BCUT2D eigenvalue weighted by Gasteiger charge is 2.20. The first kappa shape index (κ1) is 18.0. The van der Waals surface area contributed by atoms with E-state index in [4.69, 9.17) is 0 Å². The normalized spacial score (nSPS) is 17.2. The molecule has 1 N–H and O–H groups in total. The largest absolute Gasteiger partial charge is 0.340 e. The first-order valence-corrected chi connectivity index (χ1v) is 8.88. The monoisotopic (exact) mass is 316 g/mol. The minimum Gasteiger partial charge on any atom is -0.340 e. The molecule has 128 valence electrons. The van der Waals surface area contributed by atoms with Gasteiger partial charge in [0.05, 0.1) is 0 Å². The second kappa shape index (κ2) is 7.48. The van der Waals surface area contributed by atoms with Gasteiger partial charge in [-0.3, -0.25) is 4.79 Å². The smallest absolute Gasteiger partial charge is 0.222 e. The Labute approximate surface area is 141 Å². The highest BCUT2D eigenvalue weighted by Crippen LogP contribution is 2.30. The number of piperazine rings is 1. The second-order valence-corrected chi connectivity index (χ2v) is 7.89. The molecule has 1 amide bonds. The summed E-state index contributed by atoms with van der Waals surface area (Å²) in [5.74, 6) is 0.729. The number of amides is 1. The van der Waals surface area contributed by atoms with Crippen molar-refractivity contribution in [2.24, 2.45) is 0 Å². The molecular formula is C20H32N2O. The Morgan fingerprint density at radius 3 is 2.52 bits per heavy atom. The Kier molecular flexibility index (Phi) is 5.85. The van der Waals surface area contributed by atoms with Gasteiger partial charge in [-0.25, -0.2) is 0 Å². The van der Waals surface area contributed by atoms with Crippen LogP contribution in [0.15, 0.2) is 18.2 Å². The standard InChI is InChI=1S/C20H32N2O/c1-15-6-8-17(20(3,4)5)14-18(15)16(2)7-9-19(23)22-12-10-21-11-13-22/h6,8,14,16,21H,7,9-13H2,1-5H3. The van der Waals surface area contributed by atoms with Gasteiger partial charge >= 0.3 is 0 Å². The molecule has 0 aliphatic carbocycles. The Hall–Kier alpha value is -1.35. The fourth-order valence-corrected chi connectivity index (χ4v) is 3.21. The van der Waals surface area contributed by atoms with Crippen LogP contribution >= 0.6 is 0 Å². The Morgan fingerprint density at radius 2 is 1.91 bits per heavy atom. The van der Waals surface area contributed by atoms with E-state index in [-0.39, 0.29) is 5.41 Å². The molecule has 0 aromatic heterocycles. The number of nitrogens with one attached hydrogen (secondary N) is 1. The maximum atomic E-state index is 12.3. The van der Waals surface area contributed by atoms with Gasteiger partial charge in [-0.2, -0.15) is 0 Å². The predicted octanol–water partition coefficient (Wildman–Crippen LogP) is 3.61. The summed E-state index contributed by atoms with van der Waals surface area (Å²) in [6.45, 7) is 14.7. The molecule has 0 radical (unpaired) electrons. The van der Waals surface area contributed by atoms with Crippen LogP contribution in [-0.4, -0.2) is 37.0 Å². The fraction of sp³-hybridized carbons (Fsp3) is 0.650. The molecule has 1 aromatic rings. The highest BCUT2D eigenvalue weighted by molar-refractivity contribution is 5.76. The quantitative estimate of drug-likeness (QED) is 0.920. The molecule has 2 rings (SSSR count). The third kappa shape index (κ3) is 4.81. The van der Waals surface area contributed by atoms with E-state index in [0.717, 1.165) is 32.6 Å². The fourth-order valence-electron chi connectivity index (χ4n) is 3.21. The number of benzene rings is 1. The maximum absolute atomic E-state index is 12.3.